The van der Waals surface area contributed by atoms with Crippen molar-refractivity contribution in [1.82, 2.24) is 4.90 Å². The fourth-order valence-corrected chi connectivity index (χ4v) is 2.14. The van der Waals surface area contributed by atoms with Gasteiger partial charge in [-0.15, -0.1) is 0 Å². The molecule has 3 heteroatoms. The Hall–Kier alpha value is -1.35. The fourth-order valence-electron chi connectivity index (χ4n) is 2.14. The average Bonchev–Trinajstić information content (AvgIpc) is 2.38. The Kier molecular flexibility index (Phi) is 6.03. The normalized spacial score (nSPS) is 14.4. The molecule has 2 atom stereocenters. The minimum atomic E-state index is -0.776. The number of carboxylic acid groups (broad SMARTS) is 1. The van der Waals surface area contributed by atoms with Crippen molar-refractivity contribution in [3.8, 4) is 0 Å². The van der Waals surface area contributed by atoms with Gasteiger partial charge in [0.25, 0.3) is 0 Å². The van der Waals surface area contributed by atoms with E-state index < -0.39 is 11.9 Å². The van der Waals surface area contributed by atoms with Crippen molar-refractivity contribution in [3.63, 3.8) is 0 Å². The second-order valence-electron chi connectivity index (χ2n) is 5.35. The van der Waals surface area contributed by atoms with Crippen molar-refractivity contribution in [2.24, 2.45) is 0 Å². The SMILES string of the molecule is CCCC(C)N(C)Cc1ccc(C(C)C(=O)O)cc1. The number of carboxylic acids is 1. The predicted molar refractivity (Wildman–Crippen MR) is 78.3 cm³/mol. The molecular weight excluding hydrogens is 238 g/mol. The minimum Gasteiger partial charge on any atom is -0.481 e. The largest absolute Gasteiger partial charge is 0.481 e. The Morgan fingerprint density at radius 2 is 1.84 bits per heavy atom. The summed E-state index contributed by atoms with van der Waals surface area (Å²) in [4.78, 5) is 13.2. The first-order valence-corrected chi connectivity index (χ1v) is 6.97. The minimum absolute atomic E-state index is 0.439. The molecule has 0 bridgehead atoms. The summed E-state index contributed by atoms with van der Waals surface area (Å²) in [7, 11) is 2.13. The Balaban J connectivity index is 2.64. The number of rotatable bonds is 7. The van der Waals surface area contributed by atoms with Gasteiger partial charge < -0.3 is 5.11 Å². The van der Waals surface area contributed by atoms with E-state index in [0.29, 0.717) is 6.04 Å². The zero-order chi connectivity index (χ0) is 14.4. The van der Waals surface area contributed by atoms with Crippen LogP contribution in [-0.4, -0.2) is 29.1 Å². The molecule has 1 aromatic carbocycles. The highest BCUT2D eigenvalue weighted by Gasteiger charge is 2.13. The summed E-state index contributed by atoms with van der Waals surface area (Å²) in [5.41, 5.74) is 2.09. The molecule has 1 N–H and O–H groups in total. The molecule has 0 amide bonds. The quantitative estimate of drug-likeness (QED) is 0.818. The predicted octanol–water partition coefficient (Wildman–Crippen LogP) is 3.50. The summed E-state index contributed by atoms with van der Waals surface area (Å²) >= 11 is 0. The Morgan fingerprint density at radius 3 is 2.32 bits per heavy atom. The number of hydrogen-bond donors (Lipinski definition) is 1. The van der Waals surface area contributed by atoms with Crippen LogP contribution in [-0.2, 0) is 11.3 Å². The third-order valence-electron chi connectivity index (χ3n) is 3.74. The maximum absolute atomic E-state index is 10.9. The van der Waals surface area contributed by atoms with Crippen molar-refractivity contribution in [1.29, 1.82) is 0 Å². The van der Waals surface area contributed by atoms with Gasteiger partial charge in [0.2, 0.25) is 0 Å². The molecule has 19 heavy (non-hydrogen) atoms. The molecule has 3 nitrogen and oxygen atoms in total. The van der Waals surface area contributed by atoms with E-state index in [0.717, 1.165) is 12.1 Å². The maximum Gasteiger partial charge on any atom is 0.310 e. The molecule has 2 unspecified atom stereocenters. The van der Waals surface area contributed by atoms with E-state index in [-0.39, 0.29) is 0 Å². The first kappa shape index (κ1) is 15.7. The lowest BCUT2D eigenvalue weighted by Crippen LogP contribution is -2.28. The number of benzene rings is 1. The van der Waals surface area contributed by atoms with Crippen LogP contribution in [0.2, 0.25) is 0 Å². The van der Waals surface area contributed by atoms with Crippen LogP contribution >= 0.6 is 0 Å². The van der Waals surface area contributed by atoms with Crippen LogP contribution in [0, 0.1) is 0 Å². The highest BCUT2D eigenvalue weighted by Crippen LogP contribution is 2.17. The summed E-state index contributed by atoms with van der Waals surface area (Å²) in [5, 5.41) is 8.97. The molecule has 0 saturated carbocycles. The summed E-state index contributed by atoms with van der Waals surface area (Å²) in [6.45, 7) is 7.06. The lowest BCUT2D eigenvalue weighted by molar-refractivity contribution is -0.138. The van der Waals surface area contributed by atoms with Crippen molar-refractivity contribution in [2.75, 3.05) is 7.05 Å². The lowest BCUT2D eigenvalue weighted by Gasteiger charge is -2.24. The number of hydrogen-bond acceptors (Lipinski definition) is 2. The van der Waals surface area contributed by atoms with Gasteiger partial charge in [-0.05, 0) is 38.4 Å². The van der Waals surface area contributed by atoms with E-state index in [2.05, 4.69) is 25.8 Å². The summed E-state index contributed by atoms with van der Waals surface area (Å²) in [5.74, 6) is -1.22. The Bertz CT molecular complexity index is 400. The van der Waals surface area contributed by atoms with E-state index in [1.807, 2.05) is 24.3 Å². The molecule has 106 valence electrons. The standard InChI is InChI=1S/C16H25NO2/c1-5-6-12(2)17(4)11-14-7-9-15(10-8-14)13(3)16(18)19/h7-10,12-13H,5-6,11H2,1-4H3,(H,18,19). The zero-order valence-electron chi connectivity index (χ0n) is 12.4. The van der Waals surface area contributed by atoms with Crippen LogP contribution in [0.5, 0.6) is 0 Å². The van der Waals surface area contributed by atoms with Gasteiger partial charge in [-0.25, -0.2) is 0 Å². The van der Waals surface area contributed by atoms with Gasteiger partial charge in [0.1, 0.15) is 0 Å². The molecule has 0 spiro atoms. The van der Waals surface area contributed by atoms with Gasteiger partial charge in [0.05, 0.1) is 5.92 Å². The van der Waals surface area contributed by atoms with Gasteiger partial charge in [-0.3, -0.25) is 9.69 Å². The molecule has 0 heterocycles. The Labute approximate surface area is 116 Å². The van der Waals surface area contributed by atoms with E-state index in [9.17, 15) is 4.79 Å². The lowest BCUT2D eigenvalue weighted by atomic mass is 10.00. The monoisotopic (exact) mass is 263 g/mol. The molecule has 0 saturated heterocycles. The molecule has 0 aliphatic carbocycles. The first-order chi connectivity index (χ1) is 8.95. The van der Waals surface area contributed by atoms with Crippen LogP contribution in [0.25, 0.3) is 0 Å². The van der Waals surface area contributed by atoms with Crippen LogP contribution in [0.15, 0.2) is 24.3 Å². The maximum atomic E-state index is 10.9. The van der Waals surface area contributed by atoms with E-state index in [4.69, 9.17) is 5.11 Å². The first-order valence-electron chi connectivity index (χ1n) is 6.97. The van der Waals surface area contributed by atoms with Gasteiger partial charge >= 0.3 is 5.97 Å². The molecule has 0 fully saturated rings. The smallest absolute Gasteiger partial charge is 0.310 e. The van der Waals surface area contributed by atoms with E-state index >= 15 is 0 Å². The van der Waals surface area contributed by atoms with Crippen molar-refractivity contribution in [3.05, 3.63) is 35.4 Å². The number of carbonyl (C=O) groups is 1. The molecule has 0 aliphatic heterocycles. The third kappa shape index (κ3) is 4.67. The van der Waals surface area contributed by atoms with Crippen molar-refractivity contribution < 1.29 is 9.90 Å². The van der Waals surface area contributed by atoms with Crippen LogP contribution in [0.3, 0.4) is 0 Å². The molecule has 0 aromatic heterocycles. The van der Waals surface area contributed by atoms with Gasteiger partial charge in [-0.1, -0.05) is 37.6 Å². The second-order valence-corrected chi connectivity index (χ2v) is 5.35. The summed E-state index contributed by atoms with van der Waals surface area (Å²) in [6.07, 6.45) is 2.39. The average molecular weight is 263 g/mol. The molecule has 1 rings (SSSR count). The van der Waals surface area contributed by atoms with Gasteiger partial charge in [0, 0.05) is 12.6 Å². The van der Waals surface area contributed by atoms with Crippen LogP contribution in [0.1, 0.15) is 50.7 Å². The summed E-state index contributed by atoms with van der Waals surface area (Å²) < 4.78 is 0. The molecule has 0 aliphatic rings. The molecule has 0 radical (unpaired) electrons. The second kappa shape index (κ2) is 7.29. The number of aliphatic carboxylic acids is 1. The van der Waals surface area contributed by atoms with Crippen LogP contribution < -0.4 is 0 Å². The highest BCUT2D eigenvalue weighted by atomic mass is 16.4. The van der Waals surface area contributed by atoms with Crippen molar-refractivity contribution >= 4 is 5.97 Å². The third-order valence-corrected chi connectivity index (χ3v) is 3.74. The van der Waals surface area contributed by atoms with E-state index in [1.165, 1.54) is 18.4 Å². The molecule has 1 aromatic rings. The van der Waals surface area contributed by atoms with Gasteiger partial charge in [-0.2, -0.15) is 0 Å². The highest BCUT2D eigenvalue weighted by molar-refractivity contribution is 5.75. The van der Waals surface area contributed by atoms with Crippen LogP contribution in [0.4, 0.5) is 0 Å². The Morgan fingerprint density at radius 1 is 1.26 bits per heavy atom. The zero-order valence-corrected chi connectivity index (χ0v) is 12.4. The summed E-state index contributed by atoms with van der Waals surface area (Å²) in [6, 6.07) is 8.48. The molecular formula is C16H25NO2. The number of nitrogens with zero attached hydrogens (tertiary/aromatic N) is 1. The van der Waals surface area contributed by atoms with Gasteiger partial charge in [0.15, 0.2) is 0 Å². The van der Waals surface area contributed by atoms with E-state index in [1.54, 1.807) is 6.92 Å². The topological polar surface area (TPSA) is 40.5 Å². The fraction of sp³-hybridized carbons (Fsp3) is 0.562. The van der Waals surface area contributed by atoms with Crippen molar-refractivity contribution in [2.45, 2.75) is 52.1 Å².